The zero-order chi connectivity index (χ0) is 21.5. The van der Waals surface area contributed by atoms with Crippen LogP contribution in [0.3, 0.4) is 0 Å². The van der Waals surface area contributed by atoms with Gasteiger partial charge in [0.15, 0.2) is 11.3 Å². The van der Waals surface area contributed by atoms with E-state index in [2.05, 4.69) is 15.1 Å². The lowest BCUT2D eigenvalue weighted by Gasteiger charge is -2.15. The number of rotatable bonds is 4. The fourth-order valence-corrected chi connectivity index (χ4v) is 4.12. The average Bonchev–Trinajstić information content (AvgIpc) is 3.34. The molecule has 1 fully saturated rings. The van der Waals surface area contributed by atoms with Crippen LogP contribution in [0, 0.1) is 17.2 Å². The van der Waals surface area contributed by atoms with Crippen molar-refractivity contribution >= 4 is 11.0 Å². The van der Waals surface area contributed by atoms with Crippen molar-refractivity contribution in [1.29, 1.82) is 5.26 Å². The fourth-order valence-electron chi connectivity index (χ4n) is 4.12. The molecule has 6 nitrogen and oxygen atoms in total. The van der Waals surface area contributed by atoms with E-state index in [1.165, 1.54) is 29.7 Å². The Morgan fingerprint density at radius 3 is 2.53 bits per heavy atom. The SMILES string of the molecule is CC(c1ccc(C(F)(F)F)cc1)n1nc(C#N)c2c(=O)[nH]c(CC3CCCC3)nc21. The third kappa shape index (κ3) is 3.70. The number of nitrogens with one attached hydrogen (secondary N) is 1. The van der Waals surface area contributed by atoms with E-state index >= 15 is 0 Å². The smallest absolute Gasteiger partial charge is 0.310 e. The minimum atomic E-state index is -4.42. The molecule has 1 aliphatic rings. The number of nitrogens with zero attached hydrogens (tertiary/aromatic N) is 4. The normalized spacial score (nSPS) is 16.1. The van der Waals surface area contributed by atoms with E-state index in [0.29, 0.717) is 23.7 Å². The molecule has 4 rings (SSSR count). The van der Waals surface area contributed by atoms with Crippen LogP contribution in [0.15, 0.2) is 29.1 Å². The lowest BCUT2D eigenvalue weighted by Crippen LogP contribution is -2.16. The molecule has 1 atom stereocenters. The lowest BCUT2D eigenvalue weighted by molar-refractivity contribution is -0.137. The summed E-state index contributed by atoms with van der Waals surface area (Å²) in [6, 6.07) is 6.18. The van der Waals surface area contributed by atoms with E-state index in [9.17, 15) is 23.2 Å². The first-order valence-electron chi connectivity index (χ1n) is 9.86. The Morgan fingerprint density at radius 1 is 1.27 bits per heavy atom. The Bertz CT molecular complexity index is 1160. The van der Waals surface area contributed by atoms with Crippen LogP contribution in [-0.4, -0.2) is 19.7 Å². The predicted molar refractivity (Wildman–Crippen MR) is 104 cm³/mol. The van der Waals surface area contributed by atoms with Crippen molar-refractivity contribution in [3.05, 3.63) is 57.3 Å². The van der Waals surface area contributed by atoms with Gasteiger partial charge in [-0.05, 0) is 30.5 Å². The number of aromatic nitrogens is 4. The van der Waals surface area contributed by atoms with E-state index in [1.807, 2.05) is 6.07 Å². The maximum absolute atomic E-state index is 12.9. The number of hydrogen-bond donors (Lipinski definition) is 1. The maximum atomic E-state index is 12.9. The summed E-state index contributed by atoms with van der Waals surface area (Å²) in [6.07, 6.45) is 0.737. The Labute approximate surface area is 170 Å². The minimum Gasteiger partial charge on any atom is -0.310 e. The molecule has 156 valence electrons. The van der Waals surface area contributed by atoms with Crippen molar-refractivity contribution in [1.82, 2.24) is 19.7 Å². The molecular weight excluding hydrogens is 395 g/mol. The monoisotopic (exact) mass is 415 g/mol. The molecule has 1 aliphatic carbocycles. The lowest BCUT2D eigenvalue weighted by atomic mass is 10.0. The fraction of sp³-hybridized carbons (Fsp3) is 0.429. The molecule has 0 aliphatic heterocycles. The molecule has 1 saturated carbocycles. The molecule has 1 N–H and O–H groups in total. The summed E-state index contributed by atoms with van der Waals surface area (Å²) in [7, 11) is 0. The first-order chi connectivity index (χ1) is 14.3. The van der Waals surface area contributed by atoms with E-state index in [1.54, 1.807) is 6.92 Å². The van der Waals surface area contributed by atoms with E-state index in [-0.39, 0.29) is 16.7 Å². The molecule has 1 aromatic carbocycles. The van der Waals surface area contributed by atoms with Gasteiger partial charge in [-0.15, -0.1) is 0 Å². The first kappa shape index (κ1) is 20.1. The van der Waals surface area contributed by atoms with Gasteiger partial charge in [0, 0.05) is 6.42 Å². The highest BCUT2D eigenvalue weighted by Gasteiger charge is 2.30. The summed E-state index contributed by atoms with van der Waals surface area (Å²) < 4.78 is 40.0. The van der Waals surface area contributed by atoms with Gasteiger partial charge in [0.05, 0.1) is 11.6 Å². The van der Waals surface area contributed by atoms with Gasteiger partial charge in [0.2, 0.25) is 0 Å². The van der Waals surface area contributed by atoms with Gasteiger partial charge in [-0.1, -0.05) is 37.8 Å². The third-order valence-electron chi connectivity index (χ3n) is 5.76. The van der Waals surface area contributed by atoms with Crippen molar-refractivity contribution < 1.29 is 13.2 Å². The Hall–Kier alpha value is -3.15. The summed E-state index contributed by atoms with van der Waals surface area (Å²) in [5.41, 5.74) is -0.373. The largest absolute Gasteiger partial charge is 0.416 e. The minimum absolute atomic E-state index is 0.0510. The van der Waals surface area contributed by atoms with Crippen LogP contribution in [0.5, 0.6) is 0 Å². The molecule has 0 amide bonds. The molecule has 0 bridgehead atoms. The number of fused-ring (bicyclic) bond motifs is 1. The molecule has 30 heavy (non-hydrogen) atoms. The van der Waals surface area contributed by atoms with Crippen LogP contribution in [0.25, 0.3) is 11.0 Å². The summed E-state index contributed by atoms with van der Waals surface area (Å²) in [4.78, 5) is 20.0. The second-order valence-electron chi connectivity index (χ2n) is 7.77. The van der Waals surface area contributed by atoms with Crippen molar-refractivity contribution in [3.63, 3.8) is 0 Å². The Morgan fingerprint density at radius 2 is 1.93 bits per heavy atom. The summed E-state index contributed by atoms with van der Waals surface area (Å²) >= 11 is 0. The van der Waals surface area contributed by atoms with Crippen molar-refractivity contribution in [2.75, 3.05) is 0 Å². The molecule has 0 spiro atoms. The molecule has 1 unspecified atom stereocenters. The van der Waals surface area contributed by atoms with Crippen LogP contribution in [0.4, 0.5) is 13.2 Å². The van der Waals surface area contributed by atoms with Crippen LogP contribution >= 0.6 is 0 Å². The van der Waals surface area contributed by atoms with Gasteiger partial charge in [-0.2, -0.15) is 23.5 Å². The zero-order valence-electron chi connectivity index (χ0n) is 16.3. The standard InChI is InChI=1S/C21H20F3N5O/c1-12(14-6-8-15(9-7-14)21(22,23)24)29-19-18(16(11-25)28-29)20(30)27-17(26-19)10-13-4-2-3-5-13/h6-9,12-13H,2-5,10H2,1H3,(H,26,27,30). The number of alkyl halides is 3. The second-order valence-corrected chi connectivity index (χ2v) is 7.77. The predicted octanol–water partition coefficient (Wildman–Crippen LogP) is 4.35. The summed E-state index contributed by atoms with van der Waals surface area (Å²) in [5, 5.41) is 13.8. The molecule has 0 saturated heterocycles. The second kappa shape index (κ2) is 7.59. The molecule has 2 heterocycles. The molecule has 3 aromatic rings. The van der Waals surface area contributed by atoms with Crippen molar-refractivity contribution in [2.24, 2.45) is 5.92 Å². The number of hydrogen-bond acceptors (Lipinski definition) is 4. The topological polar surface area (TPSA) is 87.4 Å². The van der Waals surface area contributed by atoms with Crippen LogP contribution in [0.1, 0.15) is 61.3 Å². The van der Waals surface area contributed by atoms with Crippen LogP contribution in [-0.2, 0) is 12.6 Å². The van der Waals surface area contributed by atoms with Gasteiger partial charge >= 0.3 is 6.18 Å². The highest BCUT2D eigenvalue weighted by molar-refractivity contribution is 5.80. The van der Waals surface area contributed by atoms with E-state index in [0.717, 1.165) is 25.0 Å². The third-order valence-corrected chi connectivity index (χ3v) is 5.76. The average molecular weight is 415 g/mol. The molecule has 2 aromatic heterocycles. The highest BCUT2D eigenvalue weighted by Crippen LogP contribution is 2.31. The number of benzene rings is 1. The molecule has 0 radical (unpaired) electrons. The van der Waals surface area contributed by atoms with Gasteiger partial charge in [0.1, 0.15) is 17.3 Å². The first-order valence-corrected chi connectivity index (χ1v) is 9.86. The highest BCUT2D eigenvalue weighted by atomic mass is 19.4. The maximum Gasteiger partial charge on any atom is 0.416 e. The van der Waals surface area contributed by atoms with Crippen molar-refractivity contribution in [2.45, 2.75) is 51.2 Å². The van der Waals surface area contributed by atoms with E-state index < -0.39 is 23.3 Å². The molecule has 9 heteroatoms. The molecular formula is C21H20F3N5O. The summed E-state index contributed by atoms with van der Waals surface area (Å²) in [6.45, 7) is 1.75. The Kier molecular flexibility index (Phi) is 5.10. The zero-order valence-corrected chi connectivity index (χ0v) is 16.3. The number of halogens is 3. The van der Waals surface area contributed by atoms with Gasteiger partial charge < -0.3 is 4.98 Å². The number of H-pyrrole nitrogens is 1. The van der Waals surface area contributed by atoms with E-state index in [4.69, 9.17) is 0 Å². The quantitative estimate of drug-likeness (QED) is 0.686. The van der Waals surface area contributed by atoms with Gasteiger partial charge in [-0.25, -0.2) is 9.67 Å². The van der Waals surface area contributed by atoms with Gasteiger partial charge in [0.25, 0.3) is 5.56 Å². The van der Waals surface area contributed by atoms with Crippen molar-refractivity contribution in [3.8, 4) is 6.07 Å². The number of nitriles is 1. The summed E-state index contributed by atoms with van der Waals surface area (Å²) in [5.74, 6) is 1.01. The van der Waals surface area contributed by atoms with Gasteiger partial charge in [-0.3, -0.25) is 4.79 Å². The van der Waals surface area contributed by atoms with Crippen LogP contribution < -0.4 is 5.56 Å². The Balaban J connectivity index is 1.76. The van der Waals surface area contributed by atoms with Crippen LogP contribution in [0.2, 0.25) is 0 Å². The number of aromatic amines is 1.